The molecule has 0 saturated carbocycles. The zero-order chi connectivity index (χ0) is 34.3. The molecule has 0 aliphatic rings. The normalized spacial score (nSPS) is 9.94. The van der Waals surface area contributed by atoms with Crippen LogP contribution in [0.5, 0.6) is 11.5 Å². The Bertz CT molecular complexity index is 2260. The second kappa shape index (κ2) is 17.2. The van der Waals surface area contributed by atoms with Crippen molar-refractivity contribution in [1.82, 2.24) is 15.0 Å². The van der Waals surface area contributed by atoms with Crippen molar-refractivity contribution in [1.29, 1.82) is 0 Å². The maximum atomic E-state index is 11.0. The van der Waals surface area contributed by atoms with Crippen molar-refractivity contribution in [3.63, 3.8) is 0 Å². The highest BCUT2D eigenvalue weighted by molar-refractivity contribution is 5.72. The molecule has 1 atom stereocenters. The highest BCUT2D eigenvalue weighted by atomic mass is 16.5. The van der Waals surface area contributed by atoms with Crippen LogP contribution in [0.2, 0.25) is 0 Å². The van der Waals surface area contributed by atoms with Gasteiger partial charge in [-0.25, -0.2) is 15.0 Å². The van der Waals surface area contributed by atoms with Gasteiger partial charge in [-0.3, -0.25) is 0 Å². The second-order valence-electron chi connectivity index (χ2n) is 10.5. The summed E-state index contributed by atoms with van der Waals surface area (Å²) < 4.78 is 10.9. The SMILES string of the molecule is C=C=C=C=C=C=C=C=C=C=C=C=COCC(O)COc1ccc(-c2nc(-c3ccc(C)cc3C)nc(-c3ccc(C)cc3C)n2)c(O)c1.[HH].[HH].[HH].[HH].[HH].[HH].[HH].[HH].[HH].[HH].[HH].[HH].[HH]. The molecule has 0 aliphatic carbocycles. The second-order valence-corrected chi connectivity index (χ2v) is 10.5. The van der Waals surface area contributed by atoms with Gasteiger partial charge in [-0.1, -0.05) is 53.3 Å². The Morgan fingerprint density at radius 3 is 1.71 bits per heavy atom. The van der Waals surface area contributed by atoms with Gasteiger partial charge < -0.3 is 19.7 Å². The molecule has 0 bridgehead atoms. The maximum absolute atomic E-state index is 11.0. The Morgan fingerprint density at radius 1 is 0.688 bits per heavy atom. The van der Waals surface area contributed by atoms with Crippen LogP contribution < -0.4 is 4.74 Å². The fourth-order valence-electron chi connectivity index (χ4n) is 4.43. The van der Waals surface area contributed by atoms with Crippen LogP contribution in [0.4, 0.5) is 0 Å². The minimum atomic E-state index is -0.952. The van der Waals surface area contributed by atoms with Gasteiger partial charge in [0.1, 0.15) is 37.1 Å². The van der Waals surface area contributed by atoms with E-state index in [1.807, 2.05) is 52.0 Å². The van der Waals surface area contributed by atoms with Crippen molar-refractivity contribution in [3.05, 3.63) is 153 Å². The predicted molar refractivity (Wildman–Crippen MR) is 211 cm³/mol. The number of phenols is 1. The number of benzene rings is 3. The number of aliphatic hydroxyl groups is 1. The van der Waals surface area contributed by atoms with Crippen molar-refractivity contribution in [2.24, 2.45) is 0 Å². The van der Waals surface area contributed by atoms with Crippen LogP contribution in [0.25, 0.3) is 34.2 Å². The van der Waals surface area contributed by atoms with Crippen molar-refractivity contribution >= 4 is 0 Å². The number of aryl methyl sites for hydroxylation is 4. The van der Waals surface area contributed by atoms with Gasteiger partial charge in [0.2, 0.25) is 0 Å². The highest BCUT2D eigenvalue weighted by Crippen LogP contribution is 2.34. The topological polar surface area (TPSA) is 97.6 Å². The number of rotatable bonds is 9. The van der Waals surface area contributed by atoms with Crippen molar-refractivity contribution < 1.29 is 38.2 Å². The monoisotopic (exact) mass is 655 g/mol. The van der Waals surface area contributed by atoms with Gasteiger partial charge in [0, 0.05) is 35.7 Å². The van der Waals surface area contributed by atoms with Gasteiger partial charge in [0.15, 0.2) is 17.5 Å². The van der Waals surface area contributed by atoms with E-state index in [2.05, 4.69) is 81.8 Å². The molecule has 4 aromatic rings. The molecule has 0 spiro atoms. The van der Waals surface area contributed by atoms with Gasteiger partial charge in [0.25, 0.3) is 0 Å². The van der Waals surface area contributed by atoms with E-state index in [0.29, 0.717) is 28.8 Å². The van der Waals surface area contributed by atoms with Crippen LogP contribution in [-0.2, 0) is 4.74 Å². The molecule has 1 heterocycles. The van der Waals surface area contributed by atoms with E-state index >= 15 is 0 Å². The Labute approximate surface area is 298 Å². The Kier molecular flexibility index (Phi) is 12.2. The van der Waals surface area contributed by atoms with Crippen LogP contribution in [0.15, 0.2) is 130 Å². The van der Waals surface area contributed by atoms with Crippen molar-refractivity contribution in [2.45, 2.75) is 33.8 Å². The van der Waals surface area contributed by atoms with Gasteiger partial charge in [-0.2, -0.15) is 0 Å². The van der Waals surface area contributed by atoms with E-state index in [-0.39, 0.29) is 37.5 Å². The number of phenolic OH excluding ortho intramolecular Hbond substituents is 1. The molecule has 0 aliphatic heterocycles. The zero-order valence-corrected chi connectivity index (χ0v) is 27.0. The van der Waals surface area contributed by atoms with Gasteiger partial charge in [0.05, 0.1) is 5.56 Å². The number of ether oxygens (including phenoxy) is 2. The van der Waals surface area contributed by atoms with Crippen LogP contribution in [-0.4, -0.2) is 44.5 Å². The van der Waals surface area contributed by atoms with Gasteiger partial charge >= 0.3 is 0 Å². The smallest absolute Gasteiger partial charge is 0.167 e. The molecule has 3 aromatic carbocycles. The summed E-state index contributed by atoms with van der Waals surface area (Å²) in [6, 6.07) is 17.0. The average Bonchev–Trinajstić information content (AvgIpc) is 3.05. The quantitative estimate of drug-likeness (QED) is 0.137. The molecule has 7 nitrogen and oxygen atoms in total. The molecule has 0 saturated heterocycles. The van der Waals surface area contributed by atoms with Gasteiger partial charge in [-0.15, -0.1) is 0 Å². The Balaban J connectivity index is -0.000000250. The fraction of sp³-hybridized carbons (Fsp3) is 0.171. The lowest BCUT2D eigenvalue weighted by Gasteiger charge is -2.14. The van der Waals surface area contributed by atoms with Crippen LogP contribution in [0.3, 0.4) is 0 Å². The Hall–Kier alpha value is -6.65. The van der Waals surface area contributed by atoms with E-state index < -0.39 is 6.10 Å². The molecule has 1 unspecified atom stereocenters. The largest absolute Gasteiger partial charge is 0.507 e. The lowest BCUT2D eigenvalue weighted by Crippen LogP contribution is -2.22. The molecule has 2 N–H and O–H groups in total. The van der Waals surface area contributed by atoms with E-state index in [4.69, 9.17) is 24.4 Å². The van der Waals surface area contributed by atoms with Crippen molar-refractivity contribution in [2.75, 3.05) is 13.2 Å². The predicted octanol–water partition coefficient (Wildman–Crippen LogP) is 10.6. The van der Waals surface area contributed by atoms with Crippen LogP contribution in [0.1, 0.15) is 40.8 Å². The third-order valence-electron chi connectivity index (χ3n) is 6.62. The Morgan fingerprint density at radius 2 is 1.19 bits per heavy atom. The minimum absolute atomic E-state index is 0. The molecule has 0 fully saturated rings. The first kappa shape index (κ1) is 34.2. The molecule has 48 heavy (non-hydrogen) atoms. The summed E-state index contributed by atoms with van der Waals surface area (Å²) in [5.41, 5.74) is 34.1. The minimum Gasteiger partial charge on any atom is -0.507 e. The first-order chi connectivity index (χ1) is 23.2. The first-order valence-corrected chi connectivity index (χ1v) is 14.8. The van der Waals surface area contributed by atoms with E-state index in [9.17, 15) is 10.2 Å². The molecular formula is C41H57N3O4. The third-order valence-corrected chi connectivity index (χ3v) is 6.62. The summed E-state index contributed by atoms with van der Waals surface area (Å²) >= 11 is 0. The number of nitrogens with zero attached hydrogens (tertiary/aromatic N) is 3. The molecule has 1 aromatic heterocycles. The van der Waals surface area contributed by atoms with E-state index in [1.54, 1.807) is 12.1 Å². The molecule has 4 rings (SSSR count). The number of hydrogen-bond donors (Lipinski definition) is 2. The number of aromatic nitrogens is 3. The maximum Gasteiger partial charge on any atom is 0.167 e. The van der Waals surface area contributed by atoms with Gasteiger partial charge in [-0.05, 0) is 115 Å². The summed E-state index contributed by atoms with van der Waals surface area (Å²) in [6.45, 7) is 11.3. The van der Waals surface area contributed by atoms with Crippen molar-refractivity contribution in [3.8, 4) is 45.7 Å². The standard InChI is InChI=1S/C41H31N3O4.13H2/c1-6-7-8-9-10-11-12-13-14-15-16-23-47-27-33(45)28-48-34-19-22-37(38(46)26-34)41-43-39(35-20-17-29(2)24-31(35)4)42-40(44-41)36-21-18-30(3)25-32(36)5;;;;;;;;;;;;;/h17-26,33,45-46H,1,27-28H2,2-5H3;13*1H. The summed E-state index contributed by atoms with van der Waals surface area (Å²) in [7, 11) is 0. The summed E-state index contributed by atoms with van der Waals surface area (Å²) in [4.78, 5) is 14.4. The lowest BCUT2D eigenvalue weighted by atomic mass is 10.0. The summed E-state index contributed by atoms with van der Waals surface area (Å²) in [5.74, 6) is 1.61. The first-order valence-electron chi connectivity index (χ1n) is 14.8. The number of aromatic hydroxyl groups is 1. The molecule has 7 heteroatoms. The molecule has 0 amide bonds. The zero-order valence-electron chi connectivity index (χ0n) is 27.0. The lowest BCUT2D eigenvalue weighted by molar-refractivity contribution is 0.0465. The van der Waals surface area contributed by atoms with E-state index in [0.717, 1.165) is 33.4 Å². The fourth-order valence-corrected chi connectivity index (χ4v) is 4.43. The third kappa shape index (κ3) is 9.93. The van der Waals surface area contributed by atoms with Crippen LogP contribution in [0, 0.1) is 27.7 Å². The molecule has 260 valence electrons. The molecular weight excluding hydrogens is 598 g/mol. The number of hydrogen-bond acceptors (Lipinski definition) is 7. The number of aliphatic hydroxyl groups excluding tert-OH is 1. The molecule has 0 radical (unpaired) electrons. The highest BCUT2D eigenvalue weighted by Gasteiger charge is 2.17. The summed E-state index contributed by atoms with van der Waals surface area (Å²) in [5, 5.41) is 21.3. The van der Waals surface area contributed by atoms with E-state index in [1.165, 1.54) is 12.3 Å². The summed E-state index contributed by atoms with van der Waals surface area (Å²) in [6.07, 6.45) is 0.270. The average molecular weight is 656 g/mol. The van der Waals surface area contributed by atoms with Crippen LogP contribution >= 0.6 is 0 Å².